The molecule has 1 N–H and O–H groups in total. The highest BCUT2D eigenvalue weighted by atomic mass is 32.2. The normalized spacial score (nSPS) is 16.3. The average Bonchev–Trinajstić information content (AvgIpc) is 3.36. The van der Waals surface area contributed by atoms with Crippen LogP contribution in [0.15, 0.2) is 106 Å². The summed E-state index contributed by atoms with van der Waals surface area (Å²) >= 11 is 1.44. The van der Waals surface area contributed by atoms with E-state index < -0.39 is 12.0 Å². The van der Waals surface area contributed by atoms with Gasteiger partial charge in [-0.05, 0) is 47.2 Å². The number of nitrogens with one attached hydrogen (secondary N) is 1. The summed E-state index contributed by atoms with van der Waals surface area (Å²) in [6.07, 6.45) is 3.55. The molecule has 0 saturated carbocycles. The van der Waals surface area contributed by atoms with Crippen LogP contribution in [0.3, 0.4) is 0 Å². The highest BCUT2D eigenvalue weighted by Gasteiger charge is 2.41. The molecule has 1 unspecified atom stereocenters. The molecule has 2 aliphatic rings. The van der Waals surface area contributed by atoms with Gasteiger partial charge >= 0.3 is 5.97 Å². The number of pyridine rings is 1. The number of fused-ring (bicyclic) bond motifs is 1. The van der Waals surface area contributed by atoms with E-state index in [1.165, 1.54) is 11.8 Å². The number of benzene rings is 2. The maximum absolute atomic E-state index is 13.6. The molecule has 3 aromatic rings. The van der Waals surface area contributed by atoms with E-state index in [0.717, 1.165) is 22.4 Å². The number of nitrogens with zero attached hydrogens (tertiary/aromatic N) is 3. The zero-order valence-corrected chi connectivity index (χ0v) is 22.5. The number of aliphatic imine (C=N–C) groups is 1. The standard InChI is InChI=1S/C30H28N4O4S/c1-20-27(29(36)38-18-21-7-4-3-5-8-21)28(23-10-12-25(37-2)13-11-23)34-24(19-39-30(34)33-20)15-26(35)32-17-22-9-6-14-31-16-22/h3-14,16,19,28H,15,17-18H2,1-2H3,(H,32,35). The van der Waals surface area contributed by atoms with Crippen molar-refractivity contribution in [3.63, 3.8) is 0 Å². The minimum absolute atomic E-state index is 0.129. The summed E-state index contributed by atoms with van der Waals surface area (Å²) in [6.45, 7) is 2.35. The number of rotatable bonds is 9. The van der Waals surface area contributed by atoms with Gasteiger partial charge in [0.2, 0.25) is 5.91 Å². The van der Waals surface area contributed by atoms with Gasteiger partial charge in [-0.3, -0.25) is 9.78 Å². The van der Waals surface area contributed by atoms with Crippen LogP contribution in [0.1, 0.15) is 36.1 Å². The molecule has 0 fully saturated rings. The topological polar surface area (TPSA) is 93.1 Å². The Morgan fingerprint density at radius 2 is 1.79 bits per heavy atom. The zero-order valence-electron chi connectivity index (χ0n) is 21.7. The molecule has 2 aliphatic heterocycles. The van der Waals surface area contributed by atoms with Gasteiger partial charge in [0.25, 0.3) is 0 Å². The van der Waals surface area contributed by atoms with Crippen molar-refractivity contribution in [3.8, 4) is 5.75 Å². The monoisotopic (exact) mass is 540 g/mol. The summed E-state index contributed by atoms with van der Waals surface area (Å²) in [5, 5.41) is 5.59. The number of allylic oxidation sites excluding steroid dienone is 1. The molecule has 9 heteroatoms. The number of amides is 1. The maximum atomic E-state index is 13.6. The van der Waals surface area contributed by atoms with Gasteiger partial charge in [0, 0.05) is 24.6 Å². The largest absolute Gasteiger partial charge is 0.497 e. The van der Waals surface area contributed by atoms with E-state index in [4.69, 9.17) is 14.5 Å². The molecule has 39 heavy (non-hydrogen) atoms. The lowest BCUT2D eigenvalue weighted by Gasteiger charge is -2.36. The quantitative estimate of drug-likeness (QED) is 0.377. The van der Waals surface area contributed by atoms with Crippen molar-refractivity contribution in [2.75, 3.05) is 7.11 Å². The fourth-order valence-electron chi connectivity index (χ4n) is 4.46. The Labute approximate surface area is 231 Å². The van der Waals surface area contributed by atoms with Crippen molar-refractivity contribution in [3.05, 3.63) is 118 Å². The lowest BCUT2D eigenvalue weighted by molar-refractivity contribution is -0.141. The number of aromatic nitrogens is 1. The molecule has 1 aromatic heterocycles. The smallest absolute Gasteiger partial charge is 0.338 e. The van der Waals surface area contributed by atoms with Crippen LogP contribution in [0.25, 0.3) is 0 Å². The fraction of sp³-hybridized carbons (Fsp3) is 0.200. The molecule has 1 amide bonds. The van der Waals surface area contributed by atoms with Crippen molar-refractivity contribution in [1.82, 2.24) is 15.2 Å². The molecule has 1 atom stereocenters. The van der Waals surface area contributed by atoms with Gasteiger partial charge in [0.05, 0.1) is 30.8 Å². The second-order valence-corrected chi connectivity index (χ2v) is 9.88. The van der Waals surface area contributed by atoms with Crippen LogP contribution >= 0.6 is 11.8 Å². The number of methoxy groups -OCH3 is 1. The van der Waals surface area contributed by atoms with Crippen molar-refractivity contribution >= 4 is 28.8 Å². The Kier molecular flexibility index (Phi) is 8.07. The molecule has 0 bridgehead atoms. The molecule has 5 rings (SSSR count). The molecule has 0 spiro atoms. The van der Waals surface area contributed by atoms with Crippen LogP contribution in [0.5, 0.6) is 5.75 Å². The third kappa shape index (κ3) is 6.04. The molecule has 198 valence electrons. The molecule has 8 nitrogen and oxygen atoms in total. The zero-order chi connectivity index (χ0) is 27.2. The van der Waals surface area contributed by atoms with Crippen LogP contribution in [0.4, 0.5) is 0 Å². The van der Waals surface area contributed by atoms with Gasteiger partial charge in [0.1, 0.15) is 12.4 Å². The SMILES string of the molecule is COc1ccc(C2C(C(=O)OCc3ccccc3)=C(C)N=C3SC=C(CC(=O)NCc4cccnc4)N32)cc1. The van der Waals surface area contributed by atoms with E-state index in [1.807, 2.05) is 84.0 Å². The van der Waals surface area contributed by atoms with Crippen molar-refractivity contribution in [1.29, 1.82) is 0 Å². The Bertz CT molecular complexity index is 1440. The molecule has 0 aliphatic carbocycles. The lowest BCUT2D eigenvalue weighted by Crippen LogP contribution is -2.38. The molecule has 3 heterocycles. The summed E-state index contributed by atoms with van der Waals surface area (Å²) in [5.41, 5.74) is 4.45. The number of ether oxygens (including phenoxy) is 2. The first kappa shape index (κ1) is 26.2. The van der Waals surface area contributed by atoms with Gasteiger partial charge in [-0.1, -0.05) is 60.3 Å². The third-order valence-electron chi connectivity index (χ3n) is 6.42. The van der Waals surface area contributed by atoms with Crippen LogP contribution < -0.4 is 10.1 Å². The van der Waals surface area contributed by atoms with Crippen molar-refractivity contribution in [2.24, 2.45) is 4.99 Å². The Hall–Kier alpha value is -4.37. The maximum Gasteiger partial charge on any atom is 0.338 e. The van der Waals surface area contributed by atoms with Crippen molar-refractivity contribution < 1.29 is 19.1 Å². The summed E-state index contributed by atoms with van der Waals surface area (Å²) in [6, 6.07) is 20.3. The highest BCUT2D eigenvalue weighted by molar-refractivity contribution is 8.16. The second-order valence-electron chi connectivity index (χ2n) is 9.04. The Morgan fingerprint density at radius 1 is 1.03 bits per heavy atom. The summed E-state index contributed by atoms with van der Waals surface area (Å²) in [7, 11) is 1.61. The number of carbonyl (C=O) groups excluding carboxylic acids is 2. The average molecular weight is 541 g/mol. The van der Waals surface area contributed by atoms with E-state index in [-0.39, 0.29) is 18.9 Å². The number of hydrogen-bond acceptors (Lipinski definition) is 8. The highest BCUT2D eigenvalue weighted by Crippen LogP contribution is 2.45. The fourth-order valence-corrected chi connectivity index (χ4v) is 5.43. The molecule has 0 radical (unpaired) electrons. The first-order valence-electron chi connectivity index (χ1n) is 12.5. The number of esters is 1. The Balaban J connectivity index is 1.40. The number of thioether (sulfide) groups is 1. The summed E-state index contributed by atoms with van der Waals surface area (Å²) in [4.78, 5) is 37.3. The van der Waals surface area contributed by atoms with Crippen LogP contribution in [-0.4, -0.2) is 34.0 Å². The number of carbonyl (C=O) groups is 2. The van der Waals surface area contributed by atoms with Gasteiger partial charge in [0.15, 0.2) is 5.17 Å². The first-order valence-corrected chi connectivity index (χ1v) is 13.4. The number of amidine groups is 1. The van der Waals surface area contributed by atoms with E-state index >= 15 is 0 Å². The van der Waals surface area contributed by atoms with Crippen molar-refractivity contribution in [2.45, 2.75) is 32.5 Å². The first-order chi connectivity index (χ1) is 19.0. The van der Waals surface area contributed by atoms with E-state index in [2.05, 4.69) is 10.3 Å². The molecular weight excluding hydrogens is 512 g/mol. The second kappa shape index (κ2) is 12.0. The molecular formula is C30H28N4O4S. The number of hydrogen-bond donors (Lipinski definition) is 1. The molecule has 0 saturated heterocycles. The van der Waals surface area contributed by atoms with E-state index in [1.54, 1.807) is 19.5 Å². The lowest BCUT2D eigenvalue weighted by atomic mass is 9.93. The van der Waals surface area contributed by atoms with Gasteiger partial charge in [-0.2, -0.15) is 0 Å². The third-order valence-corrected chi connectivity index (χ3v) is 7.31. The van der Waals surface area contributed by atoms with Gasteiger partial charge in [-0.25, -0.2) is 9.79 Å². The van der Waals surface area contributed by atoms with Gasteiger partial charge < -0.3 is 19.7 Å². The predicted molar refractivity (Wildman–Crippen MR) is 150 cm³/mol. The summed E-state index contributed by atoms with van der Waals surface area (Å²) in [5.74, 6) is 0.121. The van der Waals surface area contributed by atoms with Crippen LogP contribution in [-0.2, 0) is 27.5 Å². The van der Waals surface area contributed by atoms with Crippen LogP contribution in [0.2, 0.25) is 0 Å². The van der Waals surface area contributed by atoms with Crippen LogP contribution in [0, 0.1) is 0 Å². The summed E-state index contributed by atoms with van der Waals surface area (Å²) < 4.78 is 11.1. The van der Waals surface area contributed by atoms with E-state index in [0.29, 0.717) is 28.7 Å². The van der Waals surface area contributed by atoms with Gasteiger partial charge in [-0.15, -0.1) is 0 Å². The Morgan fingerprint density at radius 3 is 2.51 bits per heavy atom. The minimum Gasteiger partial charge on any atom is -0.497 e. The van der Waals surface area contributed by atoms with E-state index in [9.17, 15) is 9.59 Å². The minimum atomic E-state index is -0.515. The predicted octanol–water partition coefficient (Wildman–Crippen LogP) is 5.12. The molecule has 2 aromatic carbocycles.